The number of nitrogens with one attached hydrogen (secondary N) is 3. The smallest absolute Gasteiger partial charge is 0.290 e. The molecule has 0 aliphatic carbocycles. The van der Waals surface area contributed by atoms with Crippen molar-refractivity contribution in [1.82, 2.24) is 20.7 Å². The summed E-state index contributed by atoms with van der Waals surface area (Å²) in [5, 5.41) is 15.4. The number of nitrogens with zero attached hydrogens (tertiary/aromatic N) is 2. The van der Waals surface area contributed by atoms with Crippen LogP contribution in [-0.2, 0) is 4.79 Å². The molecular formula is C16H15N5O3. The van der Waals surface area contributed by atoms with Gasteiger partial charge in [0.2, 0.25) is 5.76 Å². The molecule has 1 atom stereocenters. The van der Waals surface area contributed by atoms with Crippen LogP contribution in [0.25, 0.3) is 0 Å². The summed E-state index contributed by atoms with van der Waals surface area (Å²) in [7, 11) is 0. The second kappa shape index (κ2) is 6.78. The summed E-state index contributed by atoms with van der Waals surface area (Å²) in [6.45, 7) is 1.71. The van der Waals surface area contributed by atoms with Gasteiger partial charge in [0.05, 0.1) is 11.9 Å². The van der Waals surface area contributed by atoms with Gasteiger partial charge in [0.25, 0.3) is 11.8 Å². The van der Waals surface area contributed by atoms with Gasteiger partial charge in [-0.05, 0) is 12.5 Å². The molecule has 0 spiro atoms. The Labute approximate surface area is 137 Å². The van der Waals surface area contributed by atoms with E-state index in [9.17, 15) is 9.59 Å². The minimum atomic E-state index is -0.896. The number of carbonyl (C=O) groups excluding carboxylic acids is 2. The minimum absolute atomic E-state index is 0.0442. The zero-order valence-electron chi connectivity index (χ0n) is 12.8. The van der Waals surface area contributed by atoms with Crippen LogP contribution in [0.3, 0.4) is 0 Å². The first-order valence-corrected chi connectivity index (χ1v) is 7.23. The largest absolute Gasteiger partial charge is 0.351 e. The van der Waals surface area contributed by atoms with Gasteiger partial charge in [0.1, 0.15) is 11.9 Å². The van der Waals surface area contributed by atoms with E-state index < -0.39 is 17.9 Å². The van der Waals surface area contributed by atoms with Gasteiger partial charge >= 0.3 is 0 Å². The molecule has 0 bridgehead atoms. The molecule has 0 saturated carbocycles. The lowest BCUT2D eigenvalue weighted by atomic mass is 10.1. The molecular weight excluding hydrogens is 310 g/mol. The Morgan fingerprint density at radius 1 is 1.21 bits per heavy atom. The molecule has 1 unspecified atom stereocenters. The highest BCUT2D eigenvalue weighted by atomic mass is 16.5. The highest BCUT2D eigenvalue weighted by Gasteiger charge is 2.25. The van der Waals surface area contributed by atoms with E-state index in [1.165, 1.54) is 12.3 Å². The number of carbonyl (C=O) groups is 2. The summed E-state index contributed by atoms with van der Waals surface area (Å²) in [6.07, 6.45) is 1.52. The van der Waals surface area contributed by atoms with Crippen molar-refractivity contribution >= 4 is 17.6 Å². The van der Waals surface area contributed by atoms with Crippen molar-refractivity contribution in [2.75, 3.05) is 5.32 Å². The van der Waals surface area contributed by atoms with Gasteiger partial charge in [0.15, 0.2) is 0 Å². The lowest BCUT2D eigenvalue weighted by molar-refractivity contribution is -0.118. The van der Waals surface area contributed by atoms with E-state index in [0.717, 1.165) is 0 Å². The van der Waals surface area contributed by atoms with E-state index in [1.54, 1.807) is 37.3 Å². The second-order valence-corrected chi connectivity index (χ2v) is 5.11. The number of anilines is 1. The predicted octanol–water partition coefficient (Wildman–Crippen LogP) is 1.82. The molecule has 0 aliphatic heterocycles. The molecule has 1 aromatic carbocycles. The van der Waals surface area contributed by atoms with E-state index in [2.05, 4.69) is 26.0 Å². The first-order valence-electron chi connectivity index (χ1n) is 7.23. The van der Waals surface area contributed by atoms with Crippen LogP contribution in [-0.4, -0.2) is 27.2 Å². The molecule has 8 heteroatoms. The first kappa shape index (κ1) is 15.5. The van der Waals surface area contributed by atoms with Gasteiger partial charge in [-0.3, -0.25) is 14.7 Å². The highest BCUT2D eigenvalue weighted by molar-refractivity contribution is 6.00. The maximum absolute atomic E-state index is 12.6. The topological polar surface area (TPSA) is 113 Å². The monoisotopic (exact) mass is 325 g/mol. The average molecular weight is 325 g/mol. The van der Waals surface area contributed by atoms with Gasteiger partial charge in [-0.1, -0.05) is 35.5 Å². The number of hydrogen-bond donors (Lipinski definition) is 3. The molecule has 3 N–H and O–H groups in total. The van der Waals surface area contributed by atoms with Crippen LogP contribution >= 0.6 is 0 Å². The molecule has 0 saturated heterocycles. The van der Waals surface area contributed by atoms with Gasteiger partial charge < -0.3 is 15.2 Å². The number of hydrogen-bond acceptors (Lipinski definition) is 5. The van der Waals surface area contributed by atoms with Crippen LogP contribution in [0.4, 0.5) is 5.82 Å². The zero-order chi connectivity index (χ0) is 16.9. The van der Waals surface area contributed by atoms with Crippen molar-refractivity contribution in [3.8, 4) is 0 Å². The quantitative estimate of drug-likeness (QED) is 0.662. The number of aromatic nitrogens is 3. The van der Waals surface area contributed by atoms with E-state index in [0.29, 0.717) is 17.1 Å². The number of aromatic amines is 1. The van der Waals surface area contributed by atoms with Crippen molar-refractivity contribution in [3.05, 3.63) is 65.7 Å². The van der Waals surface area contributed by atoms with Crippen molar-refractivity contribution in [3.63, 3.8) is 0 Å². The fourth-order valence-corrected chi connectivity index (χ4v) is 2.15. The van der Waals surface area contributed by atoms with Crippen LogP contribution in [0.5, 0.6) is 0 Å². The molecule has 24 heavy (non-hydrogen) atoms. The van der Waals surface area contributed by atoms with E-state index in [4.69, 9.17) is 4.52 Å². The van der Waals surface area contributed by atoms with Crippen LogP contribution < -0.4 is 10.6 Å². The third-order valence-corrected chi connectivity index (χ3v) is 3.28. The number of aryl methyl sites for hydroxylation is 1. The average Bonchev–Trinajstić information content (AvgIpc) is 3.24. The van der Waals surface area contributed by atoms with E-state index >= 15 is 0 Å². The molecule has 0 aliphatic rings. The van der Waals surface area contributed by atoms with Crippen molar-refractivity contribution < 1.29 is 14.1 Å². The Kier molecular flexibility index (Phi) is 4.37. The van der Waals surface area contributed by atoms with Crippen molar-refractivity contribution in [2.45, 2.75) is 13.0 Å². The van der Waals surface area contributed by atoms with Crippen LogP contribution in [0, 0.1) is 6.92 Å². The maximum Gasteiger partial charge on any atom is 0.290 e. The molecule has 122 valence electrons. The third kappa shape index (κ3) is 3.49. The molecule has 0 fully saturated rings. The number of amides is 2. The summed E-state index contributed by atoms with van der Waals surface area (Å²) in [6, 6.07) is 11.1. The molecule has 3 rings (SSSR count). The van der Waals surface area contributed by atoms with Crippen molar-refractivity contribution in [1.29, 1.82) is 0 Å². The predicted molar refractivity (Wildman–Crippen MR) is 85.1 cm³/mol. The highest BCUT2D eigenvalue weighted by Crippen LogP contribution is 2.16. The van der Waals surface area contributed by atoms with Crippen LogP contribution in [0.1, 0.15) is 27.9 Å². The summed E-state index contributed by atoms with van der Waals surface area (Å²) >= 11 is 0. The Bertz CT molecular complexity index is 827. The standard InChI is InChI=1S/C16H15N5O3/c1-10-9-12(24-21-10)15(22)19-14(11-5-3-2-4-6-11)16(23)18-13-7-8-17-20-13/h2-9,14H,1H3,(H,19,22)(H2,17,18,20,23). The lowest BCUT2D eigenvalue weighted by Crippen LogP contribution is -2.37. The van der Waals surface area contributed by atoms with Gasteiger partial charge in [-0.25, -0.2) is 0 Å². The fraction of sp³-hybridized carbons (Fsp3) is 0.125. The van der Waals surface area contributed by atoms with E-state index in [-0.39, 0.29) is 5.76 Å². The fourth-order valence-electron chi connectivity index (χ4n) is 2.15. The van der Waals surface area contributed by atoms with Gasteiger partial charge in [-0.2, -0.15) is 5.10 Å². The molecule has 8 nitrogen and oxygen atoms in total. The zero-order valence-corrected chi connectivity index (χ0v) is 12.8. The summed E-state index contributed by atoms with van der Waals surface area (Å²) in [4.78, 5) is 24.9. The van der Waals surface area contributed by atoms with Crippen LogP contribution in [0.2, 0.25) is 0 Å². The SMILES string of the molecule is Cc1cc(C(=O)NC(C(=O)Nc2ccn[nH]2)c2ccccc2)on1. The first-order chi connectivity index (χ1) is 11.6. The lowest BCUT2D eigenvalue weighted by Gasteiger charge is -2.17. The minimum Gasteiger partial charge on any atom is -0.351 e. The Morgan fingerprint density at radius 2 is 2.00 bits per heavy atom. The normalized spacial score (nSPS) is 11.7. The number of benzene rings is 1. The van der Waals surface area contributed by atoms with E-state index in [1.807, 2.05) is 6.07 Å². The second-order valence-electron chi connectivity index (χ2n) is 5.11. The van der Waals surface area contributed by atoms with Gasteiger partial charge in [0, 0.05) is 12.1 Å². The number of H-pyrrole nitrogens is 1. The summed E-state index contributed by atoms with van der Waals surface area (Å²) in [5.41, 5.74) is 1.22. The Morgan fingerprint density at radius 3 is 2.62 bits per heavy atom. The summed E-state index contributed by atoms with van der Waals surface area (Å²) in [5.74, 6) is -0.451. The molecule has 2 heterocycles. The Balaban J connectivity index is 1.82. The summed E-state index contributed by atoms with van der Waals surface area (Å²) < 4.78 is 4.94. The molecule has 2 aromatic heterocycles. The van der Waals surface area contributed by atoms with Crippen molar-refractivity contribution in [2.24, 2.45) is 0 Å². The van der Waals surface area contributed by atoms with Crippen LogP contribution in [0.15, 0.2) is 53.2 Å². The number of rotatable bonds is 5. The molecule has 3 aromatic rings. The third-order valence-electron chi connectivity index (χ3n) is 3.28. The molecule has 2 amide bonds. The Hall–Kier alpha value is -3.42. The van der Waals surface area contributed by atoms with Gasteiger partial charge in [-0.15, -0.1) is 0 Å². The molecule has 0 radical (unpaired) electrons. The maximum atomic E-state index is 12.6.